The minimum absolute atomic E-state index is 0.163. The van der Waals surface area contributed by atoms with Gasteiger partial charge >= 0.3 is 0 Å². The number of hydrogen-bond donors (Lipinski definition) is 0. The van der Waals surface area contributed by atoms with E-state index in [1.165, 1.54) is 28.8 Å². The number of rotatable bonds is 12. The molecule has 0 spiro atoms. The maximum Gasteiger partial charge on any atom is 0.119 e. The number of carboxylic acid groups (broad SMARTS) is 1. The van der Waals surface area contributed by atoms with Crippen molar-refractivity contribution >= 4 is 5.97 Å². The first-order valence-corrected chi connectivity index (χ1v) is 12.3. The molecule has 4 rings (SSSR count). The fraction of sp³-hybridized carbons (Fsp3) is 0.219. The van der Waals surface area contributed by atoms with Crippen molar-refractivity contribution in [3.63, 3.8) is 0 Å². The summed E-state index contributed by atoms with van der Waals surface area (Å²) in [6.07, 6.45) is 5.26. The van der Waals surface area contributed by atoms with E-state index >= 15 is 0 Å². The molecule has 0 saturated heterocycles. The first-order chi connectivity index (χ1) is 17.2. The van der Waals surface area contributed by atoms with E-state index in [0.29, 0.717) is 12.4 Å². The zero-order valence-corrected chi connectivity index (χ0v) is 19.9. The predicted octanol–water partition coefficient (Wildman–Crippen LogP) is 6.41. The highest BCUT2D eigenvalue weighted by Crippen LogP contribution is 2.43. The van der Waals surface area contributed by atoms with Crippen molar-refractivity contribution in [1.29, 1.82) is 0 Å². The van der Waals surface area contributed by atoms with Crippen molar-refractivity contribution in [2.75, 3.05) is 6.61 Å². The average molecular weight is 464 g/mol. The lowest BCUT2D eigenvalue weighted by atomic mass is 9.66. The molecule has 0 heterocycles. The van der Waals surface area contributed by atoms with Crippen molar-refractivity contribution in [3.8, 4) is 5.75 Å². The smallest absolute Gasteiger partial charge is 0.119 e. The molecule has 0 unspecified atom stereocenters. The molecule has 0 bridgehead atoms. The molecule has 0 saturated carbocycles. The Balaban J connectivity index is 1.41. The van der Waals surface area contributed by atoms with Crippen molar-refractivity contribution in [1.82, 2.24) is 0 Å². The average Bonchev–Trinajstić information content (AvgIpc) is 2.92. The molecule has 4 aromatic carbocycles. The molecule has 0 aliphatic rings. The molecular formula is C32H31O3-. The molecular weight excluding hydrogens is 432 g/mol. The number of hydrogen-bond acceptors (Lipinski definition) is 3. The highest BCUT2D eigenvalue weighted by atomic mass is 16.5. The Hall–Kier alpha value is -3.85. The first kappa shape index (κ1) is 24.3. The molecule has 35 heavy (non-hydrogen) atoms. The van der Waals surface area contributed by atoms with Gasteiger partial charge in [0.15, 0.2) is 0 Å². The third kappa shape index (κ3) is 5.99. The lowest BCUT2D eigenvalue weighted by Crippen LogP contribution is -2.29. The molecule has 3 nitrogen and oxygen atoms in total. The van der Waals surface area contributed by atoms with Gasteiger partial charge in [-0.15, -0.1) is 0 Å². The summed E-state index contributed by atoms with van der Waals surface area (Å²) < 4.78 is 5.78. The normalized spacial score (nSPS) is 11.2. The Morgan fingerprint density at radius 1 is 0.600 bits per heavy atom. The summed E-state index contributed by atoms with van der Waals surface area (Å²) >= 11 is 0. The highest BCUT2D eigenvalue weighted by molar-refractivity contribution is 5.85. The van der Waals surface area contributed by atoms with Gasteiger partial charge in [0.2, 0.25) is 0 Å². The molecule has 0 fully saturated rings. The molecule has 0 radical (unpaired) electrons. The Kier molecular flexibility index (Phi) is 8.34. The fourth-order valence-electron chi connectivity index (χ4n) is 4.82. The van der Waals surface area contributed by atoms with Gasteiger partial charge in [-0.05, 0) is 59.4 Å². The number of unbranched alkanes of at least 4 members (excludes halogenated alkanes) is 3. The number of aromatic carboxylic acids is 1. The summed E-state index contributed by atoms with van der Waals surface area (Å²) in [7, 11) is 0. The number of carbonyl (C=O) groups is 1. The molecule has 4 aromatic rings. The summed E-state index contributed by atoms with van der Waals surface area (Å²) in [4.78, 5) is 10.9. The van der Waals surface area contributed by atoms with Crippen LogP contribution in [0.25, 0.3) is 0 Å². The van der Waals surface area contributed by atoms with Gasteiger partial charge in [-0.1, -0.05) is 110 Å². The molecule has 0 atom stereocenters. The van der Waals surface area contributed by atoms with E-state index in [1.54, 1.807) is 12.1 Å². The third-order valence-corrected chi connectivity index (χ3v) is 6.60. The minimum Gasteiger partial charge on any atom is -0.545 e. The molecule has 3 heteroatoms. The van der Waals surface area contributed by atoms with Crippen LogP contribution < -0.4 is 9.84 Å². The van der Waals surface area contributed by atoms with Crippen LogP contribution in [0.4, 0.5) is 0 Å². The summed E-state index contributed by atoms with van der Waals surface area (Å²) in [5.41, 5.74) is 3.93. The van der Waals surface area contributed by atoms with E-state index in [-0.39, 0.29) is 11.0 Å². The van der Waals surface area contributed by atoms with Crippen molar-refractivity contribution in [3.05, 3.63) is 138 Å². The van der Waals surface area contributed by atoms with Crippen molar-refractivity contribution < 1.29 is 14.6 Å². The van der Waals surface area contributed by atoms with Gasteiger partial charge in [0.25, 0.3) is 0 Å². The largest absolute Gasteiger partial charge is 0.545 e. The van der Waals surface area contributed by atoms with Gasteiger partial charge in [-0.25, -0.2) is 0 Å². The number of benzene rings is 4. The standard InChI is InChI=1S/C32H32O3/c33-31(34)26-20-22-30(23-21-26)35-25-13-2-1-12-24-32(27-14-6-3-7-15-27,28-16-8-4-9-17-28)29-18-10-5-11-19-29/h3-11,14-23H,1-2,12-13,24-25H2,(H,33,34)/p-1. The van der Waals surface area contributed by atoms with Crippen LogP contribution in [-0.2, 0) is 5.41 Å². The minimum atomic E-state index is -1.17. The zero-order valence-electron chi connectivity index (χ0n) is 19.9. The topological polar surface area (TPSA) is 49.4 Å². The quantitative estimate of drug-likeness (QED) is 0.180. The molecule has 0 amide bonds. The summed E-state index contributed by atoms with van der Waals surface area (Å²) in [6, 6.07) is 38.9. The molecule has 0 aromatic heterocycles. The van der Waals surface area contributed by atoms with E-state index in [2.05, 4.69) is 91.0 Å². The predicted molar refractivity (Wildman–Crippen MR) is 139 cm³/mol. The van der Waals surface area contributed by atoms with Crippen LogP contribution >= 0.6 is 0 Å². The number of carboxylic acids is 1. The van der Waals surface area contributed by atoms with Crippen LogP contribution in [0.2, 0.25) is 0 Å². The van der Waals surface area contributed by atoms with Crippen LogP contribution in [-0.4, -0.2) is 12.6 Å². The van der Waals surface area contributed by atoms with E-state index < -0.39 is 5.97 Å². The molecule has 178 valence electrons. The van der Waals surface area contributed by atoms with E-state index in [1.807, 2.05) is 0 Å². The Bertz CT molecular complexity index is 1070. The van der Waals surface area contributed by atoms with E-state index in [0.717, 1.165) is 32.1 Å². The summed E-state index contributed by atoms with van der Waals surface area (Å²) in [5, 5.41) is 10.9. The molecule has 0 aliphatic carbocycles. The second-order valence-corrected chi connectivity index (χ2v) is 8.83. The monoisotopic (exact) mass is 463 g/mol. The van der Waals surface area contributed by atoms with E-state index in [4.69, 9.17) is 4.74 Å². The lowest BCUT2D eigenvalue weighted by Gasteiger charge is -2.36. The van der Waals surface area contributed by atoms with Gasteiger partial charge in [0.05, 0.1) is 12.6 Å². The second kappa shape index (κ2) is 12.0. The lowest BCUT2D eigenvalue weighted by molar-refractivity contribution is -0.255. The van der Waals surface area contributed by atoms with Crippen LogP contribution in [0.3, 0.4) is 0 Å². The summed E-state index contributed by atoms with van der Waals surface area (Å²) in [5.74, 6) is -0.486. The molecule has 0 N–H and O–H groups in total. The highest BCUT2D eigenvalue weighted by Gasteiger charge is 2.35. The maximum atomic E-state index is 10.9. The van der Waals surface area contributed by atoms with Gasteiger partial charge in [-0.3, -0.25) is 0 Å². The zero-order chi connectivity index (χ0) is 24.3. The van der Waals surface area contributed by atoms with Gasteiger partial charge in [0, 0.05) is 5.41 Å². The number of ether oxygens (including phenoxy) is 1. The van der Waals surface area contributed by atoms with Gasteiger partial charge in [0.1, 0.15) is 5.75 Å². The van der Waals surface area contributed by atoms with Crippen LogP contribution in [0.1, 0.15) is 59.2 Å². The van der Waals surface area contributed by atoms with Crippen LogP contribution in [0.5, 0.6) is 5.75 Å². The third-order valence-electron chi connectivity index (χ3n) is 6.60. The second-order valence-electron chi connectivity index (χ2n) is 8.83. The first-order valence-electron chi connectivity index (χ1n) is 12.3. The van der Waals surface area contributed by atoms with Gasteiger partial charge in [-0.2, -0.15) is 0 Å². The fourth-order valence-corrected chi connectivity index (χ4v) is 4.82. The maximum absolute atomic E-state index is 10.9. The summed E-state index contributed by atoms with van der Waals surface area (Å²) in [6.45, 7) is 0.617. The number of carbonyl (C=O) groups excluding carboxylic acids is 1. The van der Waals surface area contributed by atoms with E-state index in [9.17, 15) is 9.90 Å². The Labute approximate surface area is 208 Å². The van der Waals surface area contributed by atoms with Gasteiger partial charge < -0.3 is 14.6 Å². The van der Waals surface area contributed by atoms with Crippen LogP contribution in [0.15, 0.2) is 115 Å². The van der Waals surface area contributed by atoms with Crippen molar-refractivity contribution in [2.45, 2.75) is 37.5 Å². The SMILES string of the molecule is O=C([O-])c1ccc(OCCCCCCC(c2ccccc2)(c2ccccc2)c2ccccc2)cc1. The van der Waals surface area contributed by atoms with Crippen molar-refractivity contribution in [2.24, 2.45) is 0 Å². The Morgan fingerprint density at radius 3 is 1.51 bits per heavy atom. The Morgan fingerprint density at radius 2 is 1.06 bits per heavy atom. The van der Waals surface area contributed by atoms with Crippen LogP contribution in [0, 0.1) is 0 Å². The molecule has 0 aliphatic heterocycles.